The molecule has 3 heteroatoms. The van der Waals surface area contributed by atoms with Crippen molar-refractivity contribution >= 4 is 5.69 Å². The van der Waals surface area contributed by atoms with Gasteiger partial charge in [0.25, 0.3) is 0 Å². The summed E-state index contributed by atoms with van der Waals surface area (Å²) in [4.78, 5) is 2.46. The summed E-state index contributed by atoms with van der Waals surface area (Å²) in [6.45, 7) is 5.99. The Morgan fingerprint density at radius 3 is 2.60 bits per heavy atom. The lowest BCUT2D eigenvalue weighted by Crippen LogP contribution is -2.27. The summed E-state index contributed by atoms with van der Waals surface area (Å²) in [7, 11) is 0. The Hall–Kier alpha value is -1.06. The fraction of sp³-hybridized carbons (Fsp3) is 0.647. The van der Waals surface area contributed by atoms with E-state index in [0.717, 1.165) is 32.7 Å². The summed E-state index contributed by atoms with van der Waals surface area (Å²) < 4.78 is 5.70. The Kier molecular flexibility index (Phi) is 6.34. The van der Waals surface area contributed by atoms with Crippen LogP contribution in [0.3, 0.4) is 0 Å². The Morgan fingerprint density at radius 1 is 1.20 bits per heavy atom. The van der Waals surface area contributed by atoms with E-state index in [2.05, 4.69) is 36.1 Å². The molecule has 1 fully saturated rings. The molecule has 20 heavy (non-hydrogen) atoms. The van der Waals surface area contributed by atoms with E-state index in [-0.39, 0.29) is 0 Å². The van der Waals surface area contributed by atoms with Crippen LogP contribution in [-0.4, -0.2) is 32.3 Å². The molecule has 1 heterocycles. The zero-order valence-electron chi connectivity index (χ0n) is 12.7. The van der Waals surface area contributed by atoms with Crippen molar-refractivity contribution in [3.05, 3.63) is 29.8 Å². The maximum Gasteiger partial charge on any atom is 0.0576 e. The van der Waals surface area contributed by atoms with Gasteiger partial charge in [-0.1, -0.05) is 17.7 Å². The molecule has 0 radical (unpaired) electrons. The summed E-state index contributed by atoms with van der Waals surface area (Å²) in [5.41, 5.74) is 8.29. The van der Waals surface area contributed by atoms with Gasteiger partial charge in [0.15, 0.2) is 0 Å². The van der Waals surface area contributed by atoms with Crippen LogP contribution in [0.1, 0.15) is 37.7 Å². The van der Waals surface area contributed by atoms with Gasteiger partial charge in [-0.3, -0.25) is 0 Å². The molecule has 2 rings (SSSR count). The number of hydrogen-bond donors (Lipinski definition) is 1. The zero-order chi connectivity index (χ0) is 14.2. The van der Waals surface area contributed by atoms with E-state index in [1.54, 1.807) is 0 Å². The van der Waals surface area contributed by atoms with Gasteiger partial charge >= 0.3 is 0 Å². The monoisotopic (exact) mass is 276 g/mol. The first-order valence-corrected chi connectivity index (χ1v) is 7.93. The van der Waals surface area contributed by atoms with Gasteiger partial charge in [0, 0.05) is 25.4 Å². The third kappa shape index (κ3) is 4.80. The van der Waals surface area contributed by atoms with E-state index in [1.165, 1.54) is 36.9 Å². The molecule has 0 aliphatic carbocycles. The normalized spacial score (nSPS) is 18.4. The average Bonchev–Trinajstić information content (AvgIpc) is 2.97. The smallest absolute Gasteiger partial charge is 0.0576 e. The van der Waals surface area contributed by atoms with Gasteiger partial charge in [-0.25, -0.2) is 0 Å². The van der Waals surface area contributed by atoms with Crippen molar-refractivity contribution in [3.63, 3.8) is 0 Å². The van der Waals surface area contributed by atoms with E-state index >= 15 is 0 Å². The molecule has 0 saturated carbocycles. The molecule has 1 aliphatic rings. The highest BCUT2D eigenvalue weighted by molar-refractivity contribution is 5.47. The second-order valence-corrected chi connectivity index (χ2v) is 5.74. The first-order chi connectivity index (χ1) is 9.79. The minimum atomic E-state index is 0.504. The number of anilines is 1. The summed E-state index contributed by atoms with van der Waals surface area (Å²) >= 11 is 0. The third-order valence-corrected chi connectivity index (χ3v) is 4.01. The molecular weight excluding hydrogens is 248 g/mol. The minimum absolute atomic E-state index is 0.504. The Morgan fingerprint density at radius 2 is 1.95 bits per heavy atom. The average molecular weight is 276 g/mol. The lowest BCUT2D eigenvalue weighted by molar-refractivity contribution is 0.103. The predicted molar refractivity (Wildman–Crippen MR) is 85.3 cm³/mol. The molecule has 1 aromatic carbocycles. The van der Waals surface area contributed by atoms with Gasteiger partial charge in [0.05, 0.1) is 6.10 Å². The van der Waals surface area contributed by atoms with Crippen molar-refractivity contribution in [1.29, 1.82) is 0 Å². The van der Waals surface area contributed by atoms with Gasteiger partial charge in [0.1, 0.15) is 0 Å². The van der Waals surface area contributed by atoms with Crippen molar-refractivity contribution in [2.24, 2.45) is 5.73 Å². The fourth-order valence-corrected chi connectivity index (χ4v) is 2.79. The lowest BCUT2D eigenvalue weighted by Gasteiger charge is -2.25. The van der Waals surface area contributed by atoms with E-state index in [4.69, 9.17) is 10.5 Å². The maximum atomic E-state index is 5.70. The molecule has 3 nitrogen and oxygen atoms in total. The van der Waals surface area contributed by atoms with E-state index in [9.17, 15) is 0 Å². The lowest BCUT2D eigenvalue weighted by atomic mass is 10.1. The van der Waals surface area contributed by atoms with E-state index in [0.29, 0.717) is 6.10 Å². The van der Waals surface area contributed by atoms with Crippen LogP contribution in [0.5, 0.6) is 0 Å². The Bertz CT molecular complexity index is 371. The molecule has 1 atom stereocenters. The molecule has 2 N–H and O–H groups in total. The van der Waals surface area contributed by atoms with Crippen molar-refractivity contribution in [1.82, 2.24) is 0 Å². The first kappa shape index (κ1) is 15.3. The SMILES string of the molecule is Cc1ccc(N(CCCN)CCCC2CCCO2)cc1. The molecule has 112 valence electrons. The highest BCUT2D eigenvalue weighted by Crippen LogP contribution is 2.19. The first-order valence-electron chi connectivity index (χ1n) is 7.93. The summed E-state index contributed by atoms with van der Waals surface area (Å²) in [5.74, 6) is 0. The molecule has 1 unspecified atom stereocenters. The van der Waals surface area contributed by atoms with E-state index in [1.807, 2.05) is 0 Å². The molecular formula is C17H28N2O. The fourth-order valence-electron chi connectivity index (χ4n) is 2.79. The topological polar surface area (TPSA) is 38.5 Å². The largest absolute Gasteiger partial charge is 0.378 e. The molecule has 1 aromatic rings. The van der Waals surface area contributed by atoms with Crippen LogP contribution in [0.2, 0.25) is 0 Å². The number of ether oxygens (including phenoxy) is 1. The number of benzene rings is 1. The van der Waals surface area contributed by atoms with Crippen molar-refractivity contribution in [2.45, 2.75) is 45.1 Å². The van der Waals surface area contributed by atoms with Crippen LogP contribution in [0.4, 0.5) is 5.69 Å². The standard InChI is InChI=1S/C17H28N2O/c1-15-7-9-16(10-8-15)19(13-4-11-18)12-2-5-17-6-3-14-20-17/h7-10,17H,2-6,11-14,18H2,1H3. The van der Waals surface area contributed by atoms with Crippen molar-refractivity contribution in [2.75, 3.05) is 31.1 Å². The number of hydrogen-bond acceptors (Lipinski definition) is 3. The second-order valence-electron chi connectivity index (χ2n) is 5.74. The quantitative estimate of drug-likeness (QED) is 0.793. The number of nitrogens with zero attached hydrogens (tertiary/aromatic N) is 1. The van der Waals surface area contributed by atoms with Gasteiger partial charge < -0.3 is 15.4 Å². The molecule has 1 aliphatic heterocycles. The Labute approximate surface area is 123 Å². The minimum Gasteiger partial charge on any atom is -0.378 e. The predicted octanol–water partition coefficient (Wildman–Crippen LogP) is 3.11. The molecule has 0 spiro atoms. The molecule has 0 bridgehead atoms. The number of nitrogens with two attached hydrogens (primary N) is 1. The number of aryl methyl sites for hydroxylation is 1. The summed E-state index contributed by atoms with van der Waals surface area (Å²) in [6, 6.07) is 8.81. The van der Waals surface area contributed by atoms with Gasteiger partial charge in [0.2, 0.25) is 0 Å². The third-order valence-electron chi connectivity index (χ3n) is 4.01. The van der Waals surface area contributed by atoms with Crippen LogP contribution < -0.4 is 10.6 Å². The van der Waals surface area contributed by atoms with E-state index < -0.39 is 0 Å². The second kappa shape index (κ2) is 8.28. The highest BCUT2D eigenvalue weighted by atomic mass is 16.5. The van der Waals surface area contributed by atoms with Crippen LogP contribution in [0.25, 0.3) is 0 Å². The van der Waals surface area contributed by atoms with Gasteiger partial charge in [-0.05, 0) is 57.7 Å². The van der Waals surface area contributed by atoms with Gasteiger partial charge in [-0.2, -0.15) is 0 Å². The van der Waals surface area contributed by atoms with Crippen molar-refractivity contribution < 1.29 is 4.74 Å². The maximum absolute atomic E-state index is 5.70. The number of rotatable bonds is 8. The highest BCUT2D eigenvalue weighted by Gasteiger charge is 2.15. The summed E-state index contributed by atoms with van der Waals surface area (Å²) in [6.07, 6.45) is 6.42. The molecule has 0 amide bonds. The Balaban J connectivity index is 1.84. The van der Waals surface area contributed by atoms with Crippen LogP contribution in [0.15, 0.2) is 24.3 Å². The van der Waals surface area contributed by atoms with Gasteiger partial charge in [-0.15, -0.1) is 0 Å². The van der Waals surface area contributed by atoms with Crippen LogP contribution >= 0.6 is 0 Å². The molecule has 0 aromatic heterocycles. The van der Waals surface area contributed by atoms with Crippen molar-refractivity contribution in [3.8, 4) is 0 Å². The summed E-state index contributed by atoms with van der Waals surface area (Å²) in [5, 5.41) is 0. The van der Waals surface area contributed by atoms with Crippen LogP contribution in [0, 0.1) is 6.92 Å². The molecule has 1 saturated heterocycles. The van der Waals surface area contributed by atoms with Crippen LogP contribution in [-0.2, 0) is 4.74 Å². The zero-order valence-corrected chi connectivity index (χ0v) is 12.7.